The molecular weight excluding hydrogens is 409 g/mol. The molecule has 2 aromatic carbocycles. The number of urea groups is 1. The lowest BCUT2D eigenvalue weighted by atomic mass is 10.1. The Hall–Kier alpha value is -3.42. The highest BCUT2D eigenvalue weighted by Crippen LogP contribution is 2.38. The third-order valence-corrected chi connectivity index (χ3v) is 3.38. The summed E-state index contributed by atoms with van der Waals surface area (Å²) in [6.07, 6.45) is -4.88. The summed E-state index contributed by atoms with van der Waals surface area (Å²) >= 11 is 0. The second-order valence-electron chi connectivity index (χ2n) is 5.47. The number of alkyl halides is 6. The average Bonchev–Trinajstić information content (AvgIpc) is 2.60. The maximum Gasteiger partial charge on any atom is 0.420 e. The van der Waals surface area contributed by atoms with E-state index in [2.05, 4.69) is 0 Å². The van der Waals surface area contributed by atoms with Crippen LogP contribution in [-0.4, -0.2) is 12.6 Å². The van der Waals surface area contributed by atoms with Crippen LogP contribution in [0.15, 0.2) is 36.4 Å². The highest BCUT2D eigenvalue weighted by Gasteiger charge is 2.35. The maximum absolute atomic E-state index is 13.3. The predicted molar refractivity (Wildman–Crippen MR) is 89.8 cm³/mol. The molecule has 0 aliphatic rings. The first kappa shape index (κ1) is 21.9. The molecule has 0 aliphatic heterocycles. The van der Waals surface area contributed by atoms with E-state index < -0.39 is 53.4 Å². The molecule has 0 radical (unpaired) electrons. The van der Waals surface area contributed by atoms with Gasteiger partial charge in [0.1, 0.15) is 18.2 Å². The summed E-state index contributed by atoms with van der Waals surface area (Å²) in [6, 6.07) is 3.14. The van der Waals surface area contributed by atoms with E-state index in [1.165, 1.54) is 0 Å². The summed E-state index contributed by atoms with van der Waals surface area (Å²) in [6.45, 7) is -0.414. The van der Waals surface area contributed by atoms with Crippen LogP contribution in [0.4, 0.5) is 46.9 Å². The van der Waals surface area contributed by atoms with E-state index in [1.54, 1.807) is 0 Å². The Kier molecular flexibility index (Phi) is 6.26. The van der Waals surface area contributed by atoms with Crippen molar-refractivity contribution in [1.82, 2.24) is 0 Å². The molecule has 0 aliphatic carbocycles. The number of carbonyl (C=O) groups excluding carboxylic acids is 1. The first-order valence-electron chi connectivity index (χ1n) is 7.64. The Morgan fingerprint density at radius 3 is 1.97 bits per heavy atom. The fraction of sp³-hybridized carbons (Fsp3) is 0.167. The maximum atomic E-state index is 13.3. The lowest BCUT2D eigenvalue weighted by molar-refractivity contribution is -0.140. The van der Waals surface area contributed by atoms with Gasteiger partial charge in [-0.05, 0) is 36.4 Å². The van der Waals surface area contributed by atoms with Crippen LogP contribution in [0.25, 0.3) is 0 Å². The Morgan fingerprint density at radius 2 is 1.45 bits per heavy atom. The number of amides is 2. The van der Waals surface area contributed by atoms with Crippen molar-refractivity contribution in [1.29, 1.82) is 0 Å². The van der Waals surface area contributed by atoms with Gasteiger partial charge in [-0.2, -0.15) is 26.3 Å². The molecule has 0 saturated heterocycles. The van der Waals surface area contributed by atoms with Crippen molar-refractivity contribution in [3.05, 3.63) is 53.3 Å². The Bertz CT molecular complexity index is 947. The Labute approximate surface area is 159 Å². The topological polar surface area (TPSA) is 50.4 Å². The third kappa shape index (κ3) is 5.78. The molecule has 4 nitrogen and oxygen atoms in total. The number of carbonyl (C=O) groups is 1. The van der Waals surface area contributed by atoms with Crippen molar-refractivity contribution in [3.8, 4) is 18.1 Å². The number of terminal acetylenes is 1. The number of nitrogens with one attached hydrogen (secondary N) is 2. The van der Waals surface area contributed by atoms with Gasteiger partial charge in [0.25, 0.3) is 0 Å². The fourth-order valence-corrected chi connectivity index (χ4v) is 2.19. The molecule has 0 atom stereocenters. The fourth-order valence-electron chi connectivity index (χ4n) is 2.19. The summed E-state index contributed by atoms with van der Waals surface area (Å²) in [4.78, 5) is 11.9. The van der Waals surface area contributed by atoms with Crippen LogP contribution in [-0.2, 0) is 12.4 Å². The van der Waals surface area contributed by atoms with Crippen molar-refractivity contribution < 1.29 is 40.3 Å². The molecule has 2 amide bonds. The molecule has 2 N–H and O–H groups in total. The molecule has 0 unspecified atom stereocenters. The summed E-state index contributed by atoms with van der Waals surface area (Å²) in [5.74, 6) is -0.0894. The van der Waals surface area contributed by atoms with Crippen molar-refractivity contribution >= 4 is 17.4 Å². The van der Waals surface area contributed by atoms with E-state index >= 15 is 0 Å². The van der Waals surface area contributed by atoms with Crippen molar-refractivity contribution in [2.24, 2.45) is 0 Å². The van der Waals surface area contributed by atoms with Gasteiger partial charge in [0, 0.05) is 11.4 Å². The second-order valence-corrected chi connectivity index (χ2v) is 5.47. The van der Waals surface area contributed by atoms with Gasteiger partial charge in [0.05, 0.1) is 11.1 Å². The molecule has 0 spiro atoms. The smallest absolute Gasteiger partial charge is 0.420 e. The van der Waals surface area contributed by atoms with Crippen LogP contribution in [0.1, 0.15) is 11.1 Å². The van der Waals surface area contributed by atoms with E-state index in [0.717, 1.165) is 18.2 Å². The number of hydrogen-bond donors (Lipinski definition) is 2. The quantitative estimate of drug-likeness (QED) is 0.506. The van der Waals surface area contributed by atoms with Gasteiger partial charge in [-0.3, -0.25) is 0 Å². The van der Waals surface area contributed by atoms with Crippen molar-refractivity contribution in [3.63, 3.8) is 0 Å². The van der Waals surface area contributed by atoms with Crippen LogP contribution in [0, 0.1) is 18.2 Å². The largest absolute Gasteiger partial charge is 0.480 e. The predicted octanol–water partition coefficient (Wildman–Crippen LogP) is 5.52. The number of benzene rings is 2. The van der Waals surface area contributed by atoms with Crippen LogP contribution in [0.3, 0.4) is 0 Å². The van der Waals surface area contributed by atoms with E-state index in [-0.39, 0.29) is 5.69 Å². The van der Waals surface area contributed by atoms with Gasteiger partial charge in [-0.25, -0.2) is 9.18 Å². The van der Waals surface area contributed by atoms with Gasteiger partial charge in [-0.1, -0.05) is 5.92 Å². The lowest BCUT2D eigenvalue weighted by Gasteiger charge is -2.15. The zero-order valence-corrected chi connectivity index (χ0v) is 14.2. The van der Waals surface area contributed by atoms with Crippen LogP contribution < -0.4 is 15.4 Å². The monoisotopic (exact) mass is 420 g/mol. The number of ether oxygens (including phenoxy) is 1. The van der Waals surface area contributed by atoms with E-state index in [9.17, 15) is 35.5 Å². The number of hydrogen-bond acceptors (Lipinski definition) is 2. The number of anilines is 2. The zero-order chi connectivity index (χ0) is 21.8. The minimum absolute atomic E-state index is 0.318. The minimum atomic E-state index is -4.99. The Balaban J connectivity index is 2.20. The summed E-state index contributed by atoms with van der Waals surface area (Å²) in [7, 11) is 0. The lowest BCUT2D eigenvalue weighted by Crippen LogP contribution is -2.20. The molecule has 11 heteroatoms. The van der Waals surface area contributed by atoms with Crippen LogP contribution in [0.5, 0.6) is 5.75 Å². The van der Waals surface area contributed by atoms with Crippen LogP contribution in [0.2, 0.25) is 0 Å². The van der Waals surface area contributed by atoms with Crippen molar-refractivity contribution in [2.45, 2.75) is 12.4 Å². The first-order chi connectivity index (χ1) is 13.4. The molecule has 0 saturated carbocycles. The average molecular weight is 420 g/mol. The standard InChI is InChI=1S/C18H11F7N2O2/c1-2-7-29-15-6-4-11(9-13(15)18(23,24)25)27-16(28)26-10-3-5-14(19)12(8-10)17(20,21)22/h1,3-6,8-9H,7H2,(H2,26,27,28). The molecule has 0 bridgehead atoms. The summed E-state index contributed by atoms with van der Waals surface area (Å²) < 4.78 is 95.5. The number of rotatable bonds is 4. The normalized spacial score (nSPS) is 11.5. The van der Waals surface area contributed by atoms with Crippen molar-refractivity contribution in [2.75, 3.05) is 17.2 Å². The minimum Gasteiger partial charge on any atom is -0.480 e. The molecule has 154 valence electrons. The second kappa shape index (κ2) is 8.30. The van der Waals surface area contributed by atoms with Crippen LogP contribution >= 0.6 is 0 Å². The highest BCUT2D eigenvalue weighted by molar-refractivity contribution is 5.99. The molecule has 0 aromatic heterocycles. The Morgan fingerprint density at radius 1 is 0.931 bits per heavy atom. The molecular formula is C18H11F7N2O2. The SMILES string of the molecule is C#CCOc1ccc(NC(=O)Nc2ccc(F)c(C(F)(F)F)c2)cc1C(F)(F)F. The molecule has 2 aromatic rings. The summed E-state index contributed by atoms with van der Waals surface area (Å²) in [5.41, 5.74) is -3.56. The van der Waals surface area contributed by atoms with Gasteiger partial charge in [-0.15, -0.1) is 6.42 Å². The summed E-state index contributed by atoms with van der Waals surface area (Å²) in [5, 5.41) is 4.02. The van der Waals surface area contributed by atoms with Gasteiger partial charge in [0.15, 0.2) is 0 Å². The van der Waals surface area contributed by atoms with E-state index in [1.807, 2.05) is 16.6 Å². The molecule has 2 rings (SSSR count). The van der Waals surface area contributed by atoms with Gasteiger partial charge in [0.2, 0.25) is 0 Å². The van der Waals surface area contributed by atoms with Gasteiger partial charge >= 0.3 is 18.4 Å². The van der Waals surface area contributed by atoms with E-state index in [4.69, 9.17) is 11.2 Å². The molecule has 29 heavy (non-hydrogen) atoms. The molecule has 0 heterocycles. The zero-order valence-electron chi connectivity index (χ0n) is 14.2. The highest BCUT2D eigenvalue weighted by atomic mass is 19.4. The van der Waals surface area contributed by atoms with Gasteiger partial charge < -0.3 is 15.4 Å². The van der Waals surface area contributed by atoms with E-state index in [0.29, 0.717) is 18.2 Å². The molecule has 0 fully saturated rings. The third-order valence-electron chi connectivity index (χ3n) is 3.38. The first-order valence-corrected chi connectivity index (χ1v) is 7.64. The number of halogens is 7.